The van der Waals surface area contributed by atoms with Gasteiger partial charge in [-0.2, -0.15) is 0 Å². The summed E-state index contributed by atoms with van der Waals surface area (Å²) in [6, 6.07) is 0. The van der Waals surface area contributed by atoms with Gasteiger partial charge in [0.05, 0.1) is 0 Å². The average molecular weight is 137 g/mol. The Morgan fingerprint density at radius 3 is 2.40 bits per heavy atom. The molecule has 1 aliphatic rings. The van der Waals surface area contributed by atoms with Gasteiger partial charge in [0.25, 0.3) is 0 Å². The molecule has 0 bridgehead atoms. The maximum Gasteiger partial charge on any atom is 0.0431 e. The van der Waals surface area contributed by atoms with Crippen molar-refractivity contribution in [2.24, 2.45) is 0 Å². The Balaban J connectivity index is 1.91. The van der Waals surface area contributed by atoms with Crippen LogP contribution in [-0.4, -0.2) is 11.7 Å². The second-order valence-electron chi connectivity index (χ2n) is 2.47. The molecule has 1 saturated carbocycles. The molecule has 0 unspecified atom stereocenters. The highest BCUT2D eigenvalue weighted by atomic mass is 16.2. The predicted octanol–water partition coefficient (Wildman–Crippen LogP) is 1.55. The van der Waals surface area contributed by atoms with Crippen molar-refractivity contribution in [3.05, 3.63) is 31.6 Å². The summed E-state index contributed by atoms with van der Waals surface area (Å²) in [5.74, 6) is 1.38. The third-order valence-corrected chi connectivity index (χ3v) is 1.61. The van der Waals surface area contributed by atoms with E-state index >= 15 is 0 Å². The Kier molecular flexibility index (Phi) is 3.81. The normalized spacial score (nSPS) is 20.1. The summed E-state index contributed by atoms with van der Waals surface area (Å²) in [5.41, 5.74) is 0. The van der Waals surface area contributed by atoms with Crippen molar-refractivity contribution in [1.82, 2.24) is 0 Å². The van der Waals surface area contributed by atoms with E-state index in [1.165, 1.54) is 5.92 Å². The molecular weight excluding hydrogens is 124 g/mol. The van der Waals surface area contributed by atoms with Gasteiger partial charge in [-0.1, -0.05) is 6.42 Å². The maximum absolute atomic E-state index is 8.49. The Morgan fingerprint density at radius 2 is 1.80 bits per heavy atom. The van der Waals surface area contributed by atoms with Crippen LogP contribution in [0.25, 0.3) is 0 Å². The Hall–Kier alpha value is -0.0400. The van der Waals surface area contributed by atoms with Crippen LogP contribution in [0.5, 0.6) is 0 Å². The molecule has 1 nitrogen and oxygen atoms in total. The van der Waals surface area contributed by atoms with Crippen molar-refractivity contribution in [1.29, 1.82) is 0 Å². The van der Waals surface area contributed by atoms with Crippen LogP contribution < -0.4 is 0 Å². The third-order valence-electron chi connectivity index (χ3n) is 1.61. The first-order chi connectivity index (χ1) is 4.93. The summed E-state index contributed by atoms with van der Waals surface area (Å²) in [4.78, 5) is 0. The van der Waals surface area contributed by atoms with Gasteiger partial charge in [-0.05, 0) is 44.4 Å². The van der Waals surface area contributed by atoms with Gasteiger partial charge in [0.1, 0.15) is 0 Å². The topological polar surface area (TPSA) is 20.2 Å². The molecule has 1 rings (SSSR count). The number of unbranched alkanes of at least 4 members (excludes halogenated alkanes) is 1. The first-order valence-electron chi connectivity index (χ1n) is 3.75. The molecule has 0 saturated heterocycles. The van der Waals surface area contributed by atoms with E-state index in [-0.39, 0.29) is 0 Å². The van der Waals surface area contributed by atoms with Crippen LogP contribution in [-0.2, 0) is 0 Å². The summed E-state index contributed by atoms with van der Waals surface area (Å²) in [6.45, 7) is 0.320. The molecule has 10 heavy (non-hydrogen) atoms. The fourth-order valence-corrected chi connectivity index (χ4v) is 1.02. The number of aliphatic hydroxyl groups is 1. The standard InChI is InChI=1S/C9H13O/c10-8-4-3-7-9-5-1-2-6-9/h1-2,5-6,10H,3-4,7-8H2. The second kappa shape index (κ2) is 4.73. The highest BCUT2D eigenvalue weighted by molar-refractivity contribution is 5.34. The van der Waals surface area contributed by atoms with Crippen LogP contribution in [0.4, 0.5) is 0 Å². The summed E-state index contributed by atoms with van der Waals surface area (Å²) in [7, 11) is 0. The zero-order valence-corrected chi connectivity index (χ0v) is 6.09. The van der Waals surface area contributed by atoms with Crippen LogP contribution in [0, 0.1) is 31.6 Å². The second-order valence-corrected chi connectivity index (χ2v) is 2.47. The SMILES string of the molecule is OCCCC[C]1[CH][CH][CH][CH]1. The van der Waals surface area contributed by atoms with Crippen LogP contribution in [0.15, 0.2) is 0 Å². The fourth-order valence-electron chi connectivity index (χ4n) is 1.02. The lowest BCUT2D eigenvalue weighted by molar-refractivity contribution is 0.284. The van der Waals surface area contributed by atoms with Crippen LogP contribution in [0.2, 0.25) is 0 Å². The summed E-state index contributed by atoms with van der Waals surface area (Å²) >= 11 is 0. The van der Waals surface area contributed by atoms with Gasteiger partial charge < -0.3 is 5.11 Å². The zero-order chi connectivity index (χ0) is 7.23. The lowest BCUT2D eigenvalue weighted by Crippen LogP contribution is -1.92. The largest absolute Gasteiger partial charge is 0.396 e. The molecule has 1 fully saturated rings. The first kappa shape index (κ1) is 8.06. The first-order valence-corrected chi connectivity index (χ1v) is 3.75. The van der Waals surface area contributed by atoms with Crippen LogP contribution in [0.1, 0.15) is 19.3 Å². The molecule has 55 valence electrons. The van der Waals surface area contributed by atoms with Crippen molar-refractivity contribution in [3.63, 3.8) is 0 Å². The molecule has 0 aromatic rings. The molecule has 0 atom stereocenters. The van der Waals surface area contributed by atoms with Gasteiger partial charge in [0.15, 0.2) is 0 Å². The molecular formula is C9H13O. The van der Waals surface area contributed by atoms with Crippen molar-refractivity contribution in [3.8, 4) is 0 Å². The third kappa shape index (κ3) is 2.70. The molecule has 1 aliphatic carbocycles. The summed E-state index contributed by atoms with van der Waals surface area (Å²) < 4.78 is 0. The van der Waals surface area contributed by atoms with E-state index in [1.807, 2.05) is 12.8 Å². The van der Waals surface area contributed by atoms with Crippen molar-refractivity contribution in [2.45, 2.75) is 19.3 Å². The molecule has 0 heterocycles. The van der Waals surface area contributed by atoms with E-state index in [0.717, 1.165) is 19.3 Å². The van der Waals surface area contributed by atoms with Gasteiger partial charge in [0, 0.05) is 6.61 Å². The summed E-state index contributed by atoms with van der Waals surface area (Å²) in [5, 5.41) is 8.49. The van der Waals surface area contributed by atoms with Gasteiger partial charge in [-0.15, -0.1) is 0 Å². The molecule has 5 radical (unpaired) electrons. The zero-order valence-electron chi connectivity index (χ0n) is 6.09. The predicted molar refractivity (Wildman–Crippen MR) is 41.4 cm³/mol. The van der Waals surface area contributed by atoms with E-state index in [0.29, 0.717) is 6.61 Å². The maximum atomic E-state index is 8.49. The van der Waals surface area contributed by atoms with E-state index in [9.17, 15) is 0 Å². The van der Waals surface area contributed by atoms with Gasteiger partial charge in [-0.25, -0.2) is 0 Å². The van der Waals surface area contributed by atoms with Crippen LogP contribution >= 0.6 is 0 Å². The minimum atomic E-state index is 0.320. The number of aliphatic hydroxyl groups excluding tert-OH is 1. The molecule has 0 amide bonds. The number of hydrogen-bond acceptors (Lipinski definition) is 1. The van der Waals surface area contributed by atoms with Crippen molar-refractivity contribution < 1.29 is 5.11 Å². The fraction of sp³-hybridized carbons (Fsp3) is 0.444. The van der Waals surface area contributed by atoms with E-state index in [2.05, 4.69) is 12.8 Å². The number of hydrogen-bond donors (Lipinski definition) is 1. The van der Waals surface area contributed by atoms with E-state index in [4.69, 9.17) is 5.11 Å². The molecule has 1 N–H and O–H groups in total. The van der Waals surface area contributed by atoms with Crippen LogP contribution in [0.3, 0.4) is 0 Å². The van der Waals surface area contributed by atoms with Gasteiger partial charge in [-0.3, -0.25) is 0 Å². The van der Waals surface area contributed by atoms with Gasteiger partial charge in [0.2, 0.25) is 0 Å². The summed E-state index contributed by atoms with van der Waals surface area (Å²) in [6.07, 6.45) is 11.5. The van der Waals surface area contributed by atoms with E-state index < -0.39 is 0 Å². The number of rotatable bonds is 4. The van der Waals surface area contributed by atoms with E-state index in [1.54, 1.807) is 0 Å². The lowest BCUT2D eigenvalue weighted by Gasteiger charge is -2.04. The highest BCUT2D eigenvalue weighted by Crippen LogP contribution is 2.27. The Labute approximate surface area is 63.4 Å². The smallest absolute Gasteiger partial charge is 0.0431 e. The van der Waals surface area contributed by atoms with Crippen molar-refractivity contribution in [2.75, 3.05) is 6.61 Å². The van der Waals surface area contributed by atoms with Crippen molar-refractivity contribution >= 4 is 0 Å². The molecule has 0 aliphatic heterocycles. The average Bonchev–Trinajstić information content (AvgIpc) is 2.41. The monoisotopic (exact) mass is 137 g/mol. The molecule has 0 aromatic carbocycles. The Morgan fingerprint density at radius 1 is 1.10 bits per heavy atom. The van der Waals surface area contributed by atoms with Gasteiger partial charge >= 0.3 is 0 Å². The molecule has 1 heteroatoms. The quantitative estimate of drug-likeness (QED) is 0.583. The lowest BCUT2D eigenvalue weighted by atomic mass is 10.0. The molecule has 0 aromatic heterocycles. The minimum Gasteiger partial charge on any atom is -0.396 e. The minimum absolute atomic E-state index is 0.320. The molecule has 0 spiro atoms. The Bertz CT molecular complexity index is 74.8. The highest BCUT2D eigenvalue weighted by Gasteiger charge is 2.15.